The van der Waals surface area contributed by atoms with Gasteiger partial charge in [-0.2, -0.15) is 0 Å². The van der Waals surface area contributed by atoms with Gasteiger partial charge in [0.05, 0.1) is 20.3 Å². The molecule has 1 unspecified atom stereocenters. The summed E-state index contributed by atoms with van der Waals surface area (Å²) in [4.78, 5) is 0. The van der Waals surface area contributed by atoms with Crippen LogP contribution in [0.4, 0.5) is 0 Å². The zero-order valence-electron chi connectivity index (χ0n) is 9.99. The molecule has 0 bridgehead atoms. The second kappa shape index (κ2) is 6.35. The maximum atomic E-state index is 9.92. The van der Waals surface area contributed by atoms with Gasteiger partial charge in [-0.1, -0.05) is 6.92 Å². The van der Waals surface area contributed by atoms with E-state index in [9.17, 15) is 5.11 Å². The number of methoxy groups -OCH3 is 2. The molecule has 1 aromatic rings. The Morgan fingerprint density at radius 2 is 1.75 bits per heavy atom. The molecular weight excluding hydrogens is 206 g/mol. The van der Waals surface area contributed by atoms with Gasteiger partial charge in [-0.3, -0.25) is 0 Å². The quantitative estimate of drug-likeness (QED) is 0.767. The van der Waals surface area contributed by atoms with Gasteiger partial charge in [0.1, 0.15) is 11.5 Å². The first-order valence-corrected chi connectivity index (χ1v) is 5.33. The van der Waals surface area contributed by atoms with Crippen molar-refractivity contribution in [3.63, 3.8) is 0 Å². The summed E-state index contributed by atoms with van der Waals surface area (Å²) < 4.78 is 10.3. The van der Waals surface area contributed by atoms with Gasteiger partial charge in [-0.05, 0) is 24.2 Å². The fourth-order valence-corrected chi connectivity index (χ4v) is 1.42. The molecule has 0 aliphatic heterocycles. The van der Waals surface area contributed by atoms with Gasteiger partial charge < -0.3 is 19.9 Å². The summed E-state index contributed by atoms with van der Waals surface area (Å²) in [6.45, 7) is 3.35. The minimum absolute atomic E-state index is 0.521. The van der Waals surface area contributed by atoms with Crippen molar-refractivity contribution < 1.29 is 14.6 Å². The third kappa shape index (κ3) is 3.40. The third-order valence-corrected chi connectivity index (χ3v) is 2.35. The number of aliphatic hydroxyl groups is 1. The summed E-state index contributed by atoms with van der Waals surface area (Å²) in [6, 6.07) is 5.40. The largest absolute Gasteiger partial charge is 0.497 e. The van der Waals surface area contributed by atoms with Crippen LogP contribution >= 0.6 is 0 Å². The topological polar surface area (TPSA) is 50.7 Å². The predicted octanol–water partition coefficient (Wildman–Crippen LogP) is 1.35. The molecule has 0 saturated carbocycles. The zero-order valence-corrected chi connectivity index (χ0v) is 9.99. The Balaban J connectivity index is 2.85. The number of nitrogens with one attached hydrogen (secondary N) is 1. The van der Waals surface area contributed by atoms with Crippen molar-refractivity contribution in [2.75, 3.05) is 27.3 Å². The van der Waals surface area contributed by atoms with Gasteiger partial charge >= 0.3 is 0 Å². The summed E-state index contributed by atoms with van der Waals surface area (Å²) >= 11 is 0. The summed E-state index contributed by atoms with van der Waals surface area (Å²) in [5.74, 6) is 1.37. The minimum Gasteiger partial charge on any atom is -0.497 e. The number of likely N-dealkylation sites (N-methyl/N-ethyl adjacent to an activating group) is 1. The van der Waals surface area contributed by atoms with Gasteiger partial charge in [0, 0.05) is 12.6 Å². The molecule has 0 aliphatic rings. The van der Waals surface area contributed by atoms with E-state index in [4.69, 9.17) is 9.47 Å². The highest BCUT2D eigenvalue weighted by molar-refractivity contribution is 5.39. The molecule has 0 amide bonds. The lowest BCUT2D eigenvalue weighted by molar-refractivity contribution is 0.175. The maximum Gasteiger partial charge on any atom is 0.122 e. The van der Waals surface area contributed by atoms with Crippen molar-refractivity contribution in [3.8, 4) is 11.5 Å². The number of aliphatic hydroxyl groups excluding tert-OH is 1. The van der Waals surface area contributed by atoms with Crippen LogP contribution in [0.2, 0.25) is 0 Å². The van der Waals surface area contributed by atoms with Gasteiger partial charge in [0.2, 0.25) is 0 Å². The van der Waals surface area contributed by atoms with E-state index in [2.05, 4.69) is 5.32 Å². The molecule has 0 radical (unpaired) electrons. The van der Waals surface area contributed by atoms with E-state index < -0.39 is 6.10 Å². The molecule has 4 nitrogen and oxygen atoms in total. The molecule has 0 saturated heterocycles. The minimum atomic E-state index is -0.552. The monoisotopic (exact) mass is 225 g/mol. The zero-order chi connectivity index (χ0) is 12.0. The number of hydrogen-bond donors (Lipinski definition) is 2. The van der Waals surface area contributed by atoms with E-state index in [1.54, 1.807) is 20.3 Å². The normalized spacial score (nSPS) is 12.2. The molecule has 0 heterocycles. The first kappa shape index (κ1) is 12.8. The van der Waals surface area contributed by atoms with Crippen molar-refractivity contribution >= 4 is 0 Å². The first-order chi connectivity index (χ1) is 7.71. The van der Waals surface area contributed by atoms with E-state index in [0.717, 1.165) is 12.1 Å². The van der Waals surface area contributed by atoms with Crippen LogP contribution < -0.4 is 14.8 Å². The summed E-state index contributed by atoms with van der Waals surface area (Å²) in [5, 5.41) is 13.0. The van der Waals surface area contributed by atoms with Crippen LogP contribution in [0.25, 0.3) is 0 Å². The number of hydrogen-bond acceptors (Lipinski definition) is 4. The third-order valence-electron chi connectivity index (χ3n) is 2.35. The fraction of sp³-hybridized carbons (Fsp3) is 0.500. The molecule has 16 heavy (non-hydrogen) atoms. The van der Waals surface area contributed by atoms with E-state index in [1.165, 1.54) is 0 Å². The van der Waals surface area contributed by atoms with Crippen LogP contribution in [-0.4, -0.2) is 32.4 Å². The molecule has 1 rings (SSSR count). The van der Waals surface area contributed by atoms with Crippen molar-refractivity contribution in [2.24, 2.45) is 0 Å². The number of ether oxygens (including phenoxy) is 2. The maximum absolute atomic E-state index is 9.92. The van der Waals surface area contributed by atoms with Gasteiger partial charge in [-0.15, -0.1) is 0 Å². The predicted molar refractivity (Wildman–Crippen MR) is 63.0 cm³/mol. The fourth-order valence-electron chi connectivity index (χ4n) is 1.42. The van der Waals surface area contributed by atoms with Crippen LogP contribution in [0, 0.1) is 0 Å². The first-order valence-electron chi connectivity index (χ1n) is 5.33. The van der Waals surface area contributed by atoms with Gasteiger partial charge in [-0.25, -0.2) is 0 Å². The van der Waals surface area contributed by atoms with E-state index in [1.807, 2.05) is 19.1 Å². The molecule has 0 aliphatic carbocycles. The van der Waals surface area contributed by atoms with Crippen LogP contribution in [0.5, 0.6) is 11.5 Å². The SMILES string of the molecule is CCNCC(O)c1cc(OC)cc(OC)c1. The Hall–Kier alpha value is -1.26. The lowest BCUT2D eigenvalue weighted by Gasteiger charge is -2.14. The Morgan fingerprint density at radius 3 is 2.19 bits per heavy atom. The Labute approximate surface area is 96.2 Å². The Kier molecular flexibility index (Phi) is 5.08. The van der Waals surface area contributed by atoms with Crippen LogP contribution in [0.1, 0.15) is 18.6 Å². The summed E-state index contributed by atoms with van der Waals surface area (Å²) in [6.07, 6.45) is -0.552. The highest BCUT2D eigenvalue weighted by Crippen LogP contribution is 2.26. The second-order valence-electron chi connectivity index (χ2n) is 3.47. The van der Waals surface area contributed by atoms with Crippen molar-refractivity contribution in [1.29, 1.82) is 0 Å². The van der Waals surface area contributed by atoms with Crippen LogP contribution in [-0.2, 0) is 0 Å². The van der Waals surface area contributed by atoms with Crippen LogP contribution in [0.3, 0.4) is 0 Å². The number of rotatable bonds is 6. The highest BCUT2D eigenvalue weighted by Gasteiger charge is 2.10. The van der Waals surface area contributed by atoms with E-state index in [0.29, 0.717) is 18.0 Å². The van der Waals surface area contributed by atoms with E-state index in [-0.39, 0.29) is 0 Å². The van der Waals surface area contributed by atoms with Crippen molar-refractivity contribution in [3.05, 3.63) is 23.8 Å². The average molecular weight is 225 g/mol. The Bertz CT molecular complexity index is 306. The van der Waals surface area contributed by atoms with Crippen LogP contribution in [0.15, 0.2) is 18.2 Å². The molecule has 0 aromatic heterocycles. The lowest BCUT2D eigenvalue weighted by atomic mass is 10.1. The molecule has 90 valence electrons. The summed E-state index contributed by atoms with van der Waals surface area (Å²) in [5.41, 5.74) is 0.789. The molecule has 2 N–H and O–H groups in total. The van der Waals surface area contributed by atoms with Gasteiger partial charge in [0.25, 0.3) is 0 Å². The lowest BCUT2D eigenvalue weighted by Crippen LogP contribution is -2.20. The molecule has 1 aromatic carbocycles. The highest BCUT2D eigenvalue weighted by atomic mass is 16.5. The molecule has 0 spiro atoms. The van der Waals surface area contributed by atoms with Gasteiger partial charge in [0.15, 0.2) is 0 Å². The van der Waals surface area contributed by atoms with E-state index >= 15 is 0 Å². The second-order valence-corrected chi connectivity index (χ2v) is 3.47. The summed E-state index contributed by atoms with van der Waals surface area (Å²) in [7, 11) is 3.18. The molecule has 1 atom stereocenters. The molecule has 0 fully saturated rings. The van der Waals surface area contributed by atoms with Crippen molar-refractivity contribution in [1.82, 2.24) is 5.32 Å². The standard InChI is InChI=1S/C12H19NO3/c1-4-13-8-12(14)9-5-10(15-2)7-11(6-9)16-3/h5-7,12-14H,4,8H2,1-3H3. The smallest absolute Gasteiger partial charge is 0.122 e. The average Bonchev–Trinajstić information content (AvgIpc) is 2.35. The Morgan fingerprint density at radius 1 is 1.19 bits per heavy atom. The van der Waals surface area contributed by atoms with Crippen molar-refractivity contribution in [2.45, 2.75) is 13.0 Å². The molecular formula is C12H19NO3. The molecule has 4 heteroatoms. The number of benzene rings is 1.